The SMILES string of the molecule is CCCCCC1=CC=C=C[CH]1.[I-].[Zn]. The van der Waals surface area contributed by atoms with Crippen molar-refractivity contribution < 1.29 is 43.5 Å². The van der Waals surface area contributed by atoms with E-state index in [9.17, 15) is 0 Å². The summed E-state index contributed by atoms with van der Waals surface area (Å²) in [5.41, 5.74) is 4.47. The second kappa shape index (κ2) is 10.7. The summed E-state index contributed by atoms with van der Waals surface area (Å²) in [5.74, 6) is 0. The molecule has 0 aromatic heterocycles. The van der Waals surface area contributed by atoms with Crippen LogP contribution >= 0.6 is 0 Å². The fourth-order valence-corrected chi connectivity index (χ4v) is 1.17. The Bertz CT molecular complexity index is 200. The molecule has 1 rings (SSSR count). The van der Waals surface area contributed by atoms with Crippen molar-refractivity contribution in [3.8, 4) is 0 Å². The first-order chi connectivity index (χ1) is 5.43. The third-order valence-electron chi connectivity index (χ3n) is 1.86. The van der Waals surface area contributed by atoms with Crippen molar-refractivity contribution in [1.82, 2.24) is 0 Å². The second-order valence-corrected chi connectivity index (χ2v) is 2.87. The van der Waals surface area contributed by atoms with E-state index in [0.717, 1.165) is 0 Å². The van der Waals surface area contributed by atoms with Crippen LogP contribution in [-0.2, 0) is 19.5 Å². The molecule has 0 saturated heterocycles. The normalized spacial score (nSPS) is 12.8. The van der Waals surface area contributed by atoms with Gasteiger partial charge in [0.25, 0.3) is 0 Å². The van der Waals surface area contributed by atoms with Crippen LogP contribution < -0.4 is 24.0 Å². The maximum atomic E-state index is 3.02. The van der Waals surface area contributed by atoms with E-state index in [1.54, 1.807) is 0 Å². The van der Waals surface area contributed by atoms with Crippen molar-refractivity contribution in [2.75, 3.05) is 0 Å². The zero-order chi connectivity index (χ0) is 7.94. The molecule has 1 radical (unpaired) electrons. The van der Waals surface area contributed by atoms with Crippen molar-refractivity contribution in [3.63, 3.8) is 0 Å². The van der Waals surface area contributed by atoms with Crippen LogP contribution in [0, 0.1) is 6.42 Å². The van der Waals surface area contributed by atoms with E-state index in [-0.39, 0.29) is 43.5 Å². The molecule has 0 spiro atoms. The van der Waals surface area contributed by atoms with Gasteiger partial charge >= 0.3 is 0 Å². The topological polar surface area (TPSA) is 0 Å². The molecule has 0 aromatic rings. The van der Waals surface area contributed by atoms with Gasteiger partial charge in [-0.25, -0.2) is 0 Å². The van der Waals surface area contributed by atoms with Crippen LogP contribution in [0.1, 0.15) is 32.6 Å². The maximum absolute atomic E-state index is 3.02. The van der Waals surface area contributed by atoms with E-state index in [1.807, 2.05) is 12.2 Å². The smallest absolute Gasteiger partial charge is 0.0162 e. The third-order valence-corrected chi connectivity index (χ3v) is 1.86. The quantitative estimate of drug-likeness (QED) is 0.301. The molecule has 1 aliphatic carbocycles. The molecule has 0 aromatic carbocycles. The molecule has 2 heteroatoms. The number of rotatable bonds is 4. The van der Waals surface area contributed by atoms with Gasteiger partial charge in [-0.1, -0.05) is 31.4 Å². The molecule has 0 saturated carbocycles. The van der Waals surface area contributed by atoms with Gasteiger partial charge in [0.05, 0.1) is 0 Å². The van der Waals surface area contributed by atoms with Gasteiger partial charge in [-0.05, 0) is 25.0 Å². The van der Waals surface area contributed by atoms with Crippen molar-refractivity contribution in [3.05, 3.63) is 36.0 Å². The van der Waals surface area contributed by atoms with Crippen LogP contribution in [0.15, 0.2) is 29.5 Å². The van der Waals surface area contributed by atoms with Crippen LogP contribution in [0.2, 0.25) is 0 Å². The van der Waals surface area contributed by atoms with Crippen LogP contribution in [0.3, 0.4) is 0 Å². The molecule has 0 amide bonds. The van der Waals surface area contributed by atoms with Crippen LogP contribution in [0.5, 0.6) is 0 Å². The fourth-order valence-electron chi connectivity index (χ4n) is 1.17. The first kappa shape index (κ1) is 16.1. The van der Waals surface area contributed by atoms with Crippen molar-refractivity contribution in [2.24, 2.45) is 0 Å². The monoisotopic (exact) mass is 338 g/mol. The Labute approximate surface area is 111 Å². The number of unbranched alkanes of at least 4 members (excludes halogenated alkanes) is 2. The zero-order valence-corrected chi connectivity index (χ0v) is 13.3. The predicted molar refractivity (Wildman–Crippen MR) is 49.2 cm³/mol. The zero-order valence-electron chi connectivity index (χ0n) is 8.22. The number of allylic oxidation sites excluding steroid dienone is 3. The van der Waals surface area contributed by atoms with Crippen molar-refractivity contribution in [1.29, 1.82) is 0 Å². The van der Waals surface area contributed by atoms with Gasteiger partial charge in [0.15, 0.2) is 0 Å². The third kappa shape index (κ3) is 7.67. The molecule has 0 fully saturated rings. The summed E-state index contributed by atoms with van der Waals surface area (Å²) in [6, 6.07) is 0. The first-order valence-electron chi connectivity index (χ1n) is 4.38. The van der Waals surface area contributed by atoms with Gasteiger partial charge in [-0.15, -0.1) is 5.73 Å². The Balaban J connectivity index is 0. The Hall–Kier alpha value is 0.613. The minimum Gasteiger partial charge on any atom is -1.00 e. The van der Waals surface area contributed by atoms with Crippen molar-refractivity contribution in [2.45, 2.75) is 32.6 Å². The van der Waals surface area contributed by atoms with E-state index < -0.39 is 0 Å². The predicted octanol–water partition coefficient (Wildman–Crippen LogP) is 0.424. The van der Waals surface area contributed by atoms with Crippen LogP contribution in [0.4, 0.5) is 0 Å². The molecule has 0 atom stereocenters. The number of hydrogen-bond acceptors (Lipinski definition) is 0. The van der Waals surface area contributed by atoms with E-state index >= 15 is 0 Å². The van der Waals surface area contributed by atoms with Gasteiger partial charge < -0.3 is 24.0 Å². The largest absolute Gasteiger partial charge is 1.00 e. The number of hydrogen-bond donors (Lipinski definition) is 0. The average molecular weight is 340 g/mol. The molecule has 13 heavy (non-hydrogen) atoms. The summed E-state index contributed by atoms with van der Waals surface area (Å²) in [5, 5.41) is 0. The Kier molecular flexibility index (Phi) is 13.2. The summed E-state index contributed by atoms with van der Waals surface area (Å²) >= 11 is 0. The Morgan fingerprint density at radius 3 is 2.54 bits per heavy atom. The molecular formula is C11H15IZn-. The molecule has 0 bridgehead atoms. The van der Waals surface area contributed by atoms with Crippen LogP contribution in [-0.4, -0.2) is 0 Å². The van der Waals surface area contributed by atoms with E-state index in [4.69, 9.17) is 0 Å². The Morgan fingerprint density at radius 1 is 1.23 bits per heavy atom. The summed E-state index contributed by atoms with van der Waals surface area (Å²) in [6.07, 6.45) is 13.5. The van der Waals surface area contributed by atoms with E-state index in [1.165, 1.54) is 31.3 Å². The maximum Gasteiger partial charge on any atom is 0.0162 e. The fraction of sp³-hybridized carbons (Fsp3) is 0.455. The summed E-state index contributed by atoms with van der Waals surface area (Å²) in [6.45, 7) is 2.23. The van der Waals surface area contributed by atoms with Gasteiger partial charge in [0, 0.05) is 25.9 Å². The van der Waals surface area contributed by atoms with Crippen molar-refractivity contribution >= 4 is 0 Å². The van der Waals surface area contributed by atoms with Gasteiger partial charge in [-0.2, -0.15) is 0 Å². The molecule has 0 unspecified atom stereocenters. The molecule has 0 N–H and O–H groups in total. The Morgan fingerprint density at radius 2 is 2.00 bits per heavy atom. The second-order valence-electron chi connectivity index (χ2n) is 2.87. The van der Waals surface area contributed by atoms with Gasteiger partial charge in [-0.3, -0.25) is 0 Å². The number of halogens is 1. The molecule has 69 valence electrons. The molecule has 0 aliphatic heterocycles. The van der Waals surface area contributed by atoms with Gasteiger partial charge in [0.1, 0.15) is 0 Å². The standard InChI is InChI=1S/C11H15.HI.Zn/c1-2-3-5-8-11-9-6-4-7-10-11;;/h6-7,9-10H,2-3,5,8H2,1H3;1H;/p-1. The molecule has 1 aliphatic rings. The summed E-state index contributed by atoms with van der Waals surface area (Å²) in [4.78, 5) is 0. The average Bonchev–Trinajstić information content (AvgIpc) is 2.07. The van der Waals surface area contributed by atoms with E-state index in [0.29, 0.717) is 0 Å². The summed E-state index contributed by atoms with van der Waals surface area (Å²) < 4.78 is 0. The molecule has 0 heterocycles. The summed E-state index contributed by atoms with van der Waals surface area (Å²) in [7, 11) is 0. The van der Waals surface area contributed by atoms with Crippen LogP contribution in [0.25, 0.3) is 0 Å². The van der Waals surface area contributed by atoms with E-state index in [2.05, 4.69) is 25.2 Å². The molecule has 0 nitrogen and oxygen atoms in total. The van der Waals surface area contributed by atoms with Gasteiger partial charge in [0.2, 0.25) is 0 Å². The molecular weight excluding hydrogens is 324 g/mol. The first-order valence-corrected chi connectivity index (χ1v) is 4.38. The minimum atomic E-state index is 0. The minimum absolute atomic E-state index is 0.